The molecule has 0 aliphatic carbocycles. The van der Waals surface area contributed by atoms with Crippen molar-refractivity contribution in [3.05, 3.63) is 0 Å². The summed E-state index contributed by atoms with van der Waals surface area (Å²) in [5, 5.41) is 5.03. The molecule has 0 bridgehead atoms. The molecule has 1 aliphatic heterocycles. The Morgan fingerprint density at radius 2 is 1.33 bits per heavy atom. The Kier molecular flexibility index (Phi) is 3.49. The maximum Gasteiger partial charge on any atom is 0.276 e. The maximum atomic E-state index is 11.0. The van der Waals surface area contributed by atoms with E-state index >= 15 is 0 Å². The van der Waals surface area contributed by atoms with Crippen LogP contribution in [0.4, 0.5) is 0 Å². The van der Waals surface area contributed by atoms with E-state index in [-0.39, 0.29) is 0 Å². The van der Waals surface area contributed by atoms with E-state index < -0.39 is 10.2 Å². The van der Waals surface area contributed by atoms with Crippen molar-refractivity contribution in [3.8, 4) is 0 Å². The summed E-state index contributed by atoms with van der Waals surface area (Å²) in [5.74, 6) is 0. The lowest BCUT2D eigenvalue weighted by Gasteiger charge is -2.21. The van der Waals surface area contributed by atoms with Crippen LogP contribution in [-0.2, 0) is 10.2 Å². The summed E-state index contributed by atoms with van der Waals surface area (Å²) in [6.45, 7) is 1.19. The third-order valence-electron chi connectivity index (χ3n) is 2.17. The summed E-state index contributed by atoms with van der Waals surface area (Å²) >= 11 is 0. The Hall–Kier alpha value is -0.130. The topological polar surface area (TPSA) is 63.4 Å². The summed E-state index contributed by atoms with van der Waals surface area (Å²) in [7, 11) is -3.43. The van der Waals surface area contributed by atoms with Crippen LogP contribution in [0.1, 0.15) is 32.1 Å². The number of hydrogen-bond donors (Lipinski definition) is 1. The Labute approximate surface area is 73.9 Å². The van der Waals surface area contributed by atoms with Crippen molar-refractivity contribution in [1.82, 2.24) is 4.31 Å². The second kappa shape index (κ2) is 4.20. The van der Waals surface area contributed by atoms with E-state index in [1.165, 1.54) is 10.7 Å². The quantitative estimate of drug-likeness (QED) is 0.656. The van der Waals surface area contributed by atoms with E-state index in [4.69, 9.17) is 5.14 Å². The van der Waals surface area contributed by atoms with Gasteiger partial charge in [-0.1, -0.05) is 19.3 Å². The van der Waals surface area contributed by atoms with Crippen molar-refractivity contribution in [2.75, 3.05) is 13.1 Å². The predicted octanol–water partition coefficient (Wildman–Crippen LogP) is 0.456. The van der Waals surface area contributed by atoms with Crippen molar-refractivity contribution in [3.63, 3.8) is 0 Å². The highest BCUT2D eigenvalue weighted by Crippen LogP contribution is 2.11. The van der Waals surface area contributed by atoms with Gasteiger partial charge in [-0.3, -0.25) is 0 Å². The van der Waals surface area contributed by atoms with E-state index in [1.807, 2.05) is 0 Å². The molecule has 0 aromatic rings. The van der Waals surface area contributed by atoms with Gasteiger partial charge in [0.25, 0.3) is 10.2 Å². The van der Waals surface area contributed by atoms with E-state index in [0.717, 1.165) is 25.7 Å². The molecule has 0 amide bonds. The molecular weight excluding hydrogens is 176 g/mol. The largest absolute Gasteiger partial charge is 0.276 e. The summed E-state index contributed by atoms with van der Waals surface area (Å²) in [4.78, 5) is 0. The molecule has 1 rings (SSSR count). The Morgan fingerprint density at radius 1 is 0.917 bits per heavy atom. The van der Waals surface area contributed by atoms with Gasteiger partial charge < -0.3 is 0 Å². The highest BCUT2D eigenvalue weighted by molar-refractivity contribution is 7.86. The second-order valence-corrected chi connectivity index (χ2v) is 4.76. The fraction of sp³-hybridized carbons (Fsp3) is 1.00. The van der Waals surface area contributed by atoms with E-state index in [9.17, 15) is 8.42 Å². The molecule has 0 aromatic heterocycles. The normalized spacial score (nSPS) is 23.1. The number of rotatable bonds is 1. The van der Waals surface area contributed by atoms with Crippen LogP contribution in [-0.4, -0.2) is 25.8 Å². The van der Waals surface area contributed by atoms with Crippen LogP contribution in [0.25, 0.3) is 0 Å². The number of nitrogens with two attached hydrogens (primary N) is 1. The fourth-order valence-electron chi connectivity index (χ4n) is 1.47. The highest BCUT2D eigenvalue weighted by Gasteiger charge is 2.17. The molecule has 1 aliphatic rings. The molecule has 0 aromatic carbocycles. The molecule has 0 radical (unpaired) electrons. The first-order chi connectivity index (χ1) is 5.61. The first-order valence-electron chi connectivity index (χ1n) is 4.38. The molecule has 0 saturated carbocycles. The SMILES string of the molecule is NS(=O)(=O)N1CCCCCCC1. The lowest BCUT2D eigenvalue weighted by atomic mass is 10.1. The molecule has 4 nitrogen and oxygen atoms in total. The molecular formula is C7H16N2O2S. The van der Waals surface area contributed by atoms with Crippen LogP contribution in [0.2, 0.25) is 0 Å². The van der Waals surface area contributed by atoms with Crippen LogP contribution in [0.5, 0.6) is 0 Å². The van der Waals surface area contributed by atoms with Gasteiger partial charge in [-0.25, -0.2) is 5.14 Å². The van der Waals surface area contributed by atoms with Crippen LogP contribution < -0.4 is 5.14 Å². The van der Waals surface area contributed by atoms with Gasteiger partial charge >= 0.3 is 0 Å². The maximum absolute atomic E-state index is 11.0. The number of hydrogen-bond acceptors (Lipinski definition) is 2. The summed E-state index contributed by atoms with van der Waals surface area (Å²) < 4.78 is 23.3. The monoisotopic (exact) mass is 192 g/mol. The Bertz CT molecular complexity index is 218. The third-order valence-corrected chi connectivity index (χ3v) is 3.26. The molecule has 5 heteroatoms. The first kappa shape index (κ1) is 9.95. The Balaban J connectivity index is 2.51. The lowest BCUT2D eigenvalue weighted by molar-refractivity contribution is 0.364. The zero-order valence-corrected chi connectivity index (χ0v) is 8.02. The minimum absolute atomic E-state index is 0.596. The van der Waals surface area contributed by atoms with Gasteiger partial charge in [-0.2, -0.15) is 12.7 Å². The zero-order valence-electron chi connectivity index (χ0n) is 7.20. The summed E-state index contributed by atoms with van der Waals surface area (Å²) in [6, 6.07) is 0. The van der Waals surface area contributed by atoms with Crippen molar-refractivity contribution in [1.29, 1.82) is 0 Å². The van der Waals surface area contributed by atoms with Gasteiger partial charge in [0.15, 0.2) is 0 Å². The van der Waals surface area contributed by atoms with Gasteiger partial charge in [0.1, 0.15) is 0 Å². The van der Waals surface area contributed by atoms with Crippen molar-refractivity contribution in [2.24, 2.45) is 5.14 Å². The minimum Gasteiger partial charge on any atom is -0.216 e. The first-order valence-corrected chi connectivity index (χ1v) is 5.89. The van der Waals surface area contributed by atoms with Crippen LogP contribution in [0.3, 0.4) is 0 Å². The molecule has 1 heterocycles. The molecule has 12 heavy (non-hydrogen) atoms. The predicted molar refractivity (Wildman–Crippen MR) is 47.8 cm³/mol. The zero-order chi connectivity index (χ0) is 9.03. The second-order valence-electron chi connectivity index (χ2n) is 3.21. The Morgan fingerprint density at radius 3 is 1.75 bits per heavy atom. The van der Waals surface area contributed by atoms with Gasteiger partial charge in [0, 0.05) is 13.1 Å². The van der Waals surface area contributed by atoms with Gasteiger partial charge in [0.2, 0.25) is 0 Å². The van der Waals surface area contributed by atoms with Crippen molar-refractivity contribution < 1.29 is 8.42 Å². The van der Waals surface area contributed by atoms with E-state index in [2.05, 4.69) is 0 Å². The minimum atomic E-state index is -3.43. The summed E-state index contributed by atoms with van der Waals surface area (Å²) in [5.41, 5.74) is 0. The average Bonchev–Trinajstić information content (AvgIpc) is 1.81. The molecule has 1 saturated heterocycles. The molecule has 1 fully saturated rings. The third kappa shape index (κ3) is 3.08. The van der Waals surface area contributed by atoms with E-state index in [1.54, 1.807) is 0 Å². The van der Waals surface area contributed by atoms with Crippen LogP contribution in [0, 0.1) is 0 Å². The summed E-state index contributed by atoms with van der Waals surface area (Å²) in [6.07, 6.45) is 5.34. The van der Waals surface area contributed by atoms with Crippen LogP contribution in [0.15, 0.2) is 0 Å². The van der Waals surface area contributed by atoms with Crippen molar-refractivity contribution >= 4 is 10.2 Å². The molecule has 2 N–H and O–H groups in total. The van der Waals surface area contributed by atoms with Crippen molar-refractivity contribution in [2.45, 2.75) is 32.1 Å². The standard InChI is InChI=1S/C7H16N2O2S/c8-12(10,11)9-6-4-2-1-3-5-7-9/h1-7H2,(H2,8,10,11). The number of nitrogens with zero attached hydrogens (tertiary/aromatic N) is 1. The molecule has 0 unspecified atom stereocenters. The van der Waals surface area contributed by atoms with Crippen LogP contribution >= 0.6 is 0 Å². The lowest BCUT2D eigenvalue weighted by Crippen LogP contribution is -2.38. The average molecular weight is 192 g/mol. The van der Waals surface area contributed by atoms with E-state index in [0.29, 0.717) is 13.1 Å². The highest BCUT2D eigenvalue weighted by atomic mass is 32.2. The molecule has 72 valence electrons. The van der Waals surface area contributed by atoms with Gasteiger partial charge in [-0.05, 0) is 12.8 Å². The fourth-order valence-corrected chi connectivity index (χ4v) is 2.24. The molecule has 0 atom stereocenters. The molecule has 0 spiro atoms. The van der Waals surface area contributed by atoms with Gasteiger partial charge in [-0.15, -0.1) is 0 Å². The van der Waals surface area contributed by atoms with Gasteiger partial charge in [0.05, 0.1) is 0 Å². The smallest absolute Gasteiger partial charge is 0.216 e.